The van der Waals surface area contributed by atoms with Crippen LogP contribution in [0.15, 0.2) is 35.4 Å². The first-order valence-electron chi connectivity index (χ1n) is 11.9. The van der Waals surface area contributed by atoms with Crippen LogP contribution >= 0.6 is 12.4 Å². The molecule has 2 aromatic rings. The standard InChI is InChI=1S/C23H31N7O5S.ClH/c1-28-12-14-30(15-13-28)36(33,34)18-7-5-17(6-8-18)19-16-26-21(24)22(27-19)35-23(32)25-9-3-11-29-10-2-4-20(29)31;/h5-8,16H,2-4,9-15H2,1H3,(H2,24,26)(H,25,32);1H. The van der Waals surface area contributed by atoms with Gasteiger partial charge in [0.25, 0.3) is 5.88 Å². The first-order valence-corrected chi connectivity index (χ1v) is 13.3. The monoisotopic (exact) mass is 553 g/mol. The van der Waals surface area contributed by atoms with Crippen molar-refractivity contribution >= 4 is 40.2 Å². The average molecular weight is 554 g/mol. The lowest BCUT2D eigenvalue weighted by molar-refractivity contribution is -0.127. The Kier molecular flexibility index (Phi) is 9.65. The van der Waals surface area contributed by atoms with Crippen LogP contribution in [0.1, 0.15) is 19.3 Å². The summed E-state index contributed by atoms with van der Waals surface area (Å²) in [6, 6.07) is 6.32. The largest absolute Gasteiger partial charge is 0.414 e. The van der Waals surface area contributed by atoms with Crippen molar-refractivity contribution in [3.8, 4) is 17.1 Å². The van der Waals surface area contributed by atoms with Crippen LogP contribution in [0.4, 0.5) is 10.6 Å². The number of halogens is 1. The summed E-state index contributed by atoms with van der Waals surface area (Å²) in [5, 5.41) is 2.62. The third-order valence-electron chi connectivity index (χ3n) is 6.25. The molecule has 0 radical (unpaired) electrons. The Labute approximate surface area is 222 Å². The molecule has 2 fully saturated rings. The zero-order valence-corrected chi connectivity index (χ0v) is 22.3. The number of hydrogen-bond acceptors (Lipinski definition) is 9. The van der Waals surface area contributed by atoms with Crippen LogP contribution in [-0.2, 0) is 14.8 Å². The maximum atomic E-state index is 12.9. The zero-order chi connectivity index (χ0) is 25.7. The summed E-state index contributed by atoms with van der Waals surface area (Å²) in [6.07, 6.45) is 2.76. The van der Waals surface area contributed by atoms with Gasteiger partial charge in [-0.25, -0.2) is 23.2 Å². The lowest BCUT2D eigenvalue weighted by atomic mass is 10.2. The number of benzene rings is 1. The molecule has 4 rings (SSSR count). The number of sulfonamides is 1. The van der Waals surface area contributed by atoms with E-state index in [2.05, 4.69) is 20.2 Å². The number of carbonyl (C=O) groups is 2. The number of aromatic nitrogens is 2. The molecule has 0 atom stereocenters. The molecule has 3 heterocycles. The number of carbonyl (C=O) groups excluding carboxylic acids is 2. The lowest BCUT2D eigenvalue weighted by Gasteiger charge is -2.31. The van der Waals surface area contributed by atoms with Gasteiger partial charge in [0.15, 0.2) is 5.82 Å². The van der Waals surface area contributed by atoms with Crippen molar-refractivity contribution in [1.29, 1.82) is 0 Å². The predicted octanol–water partition coefficient (Wildman–Crippen LogP) is 1.18. The molecule has 1 aromatic heterocycles. The van der Waals surface area contributed by atoms with E-state index in [9.17, 15) is 18.0 Å². The van der Waals surface area contributed by atoms with Crippen molar-refractivity contribution < 1.29 is 22.7 Å². The van der Waals surface area contributed by atoms with E-state index in [0.29, 0.717) is 63.4 Å². The molecule has 0 unspecified atom stereocenters. The maximum absolute atomic E-state index is 12.9. The third kappa shape index (κ3) is 7.06. The van der Waals surface area contributed by atoms with Crippen LogP contribution in [0.25, 0.3) is 11.3 Å². The van der Waals surface area contributed by atoms with Gasteiger partial charge < -0.3 is 25.6 Å². The molecular formula is C23H32ClN7O5S. The smallest absolute Gasteiger partial charge is 0.387 e. The first kappa shape index (κ1) is 28.6. The van der Waals surface area contributed by atoms with E-state index in [-0.39, 0.29) is 34.9 Å². The summed E-state index contributed by atoms with van der Waals surface area (Å²) in [5.74, 6) is -0.0536. The lowest BCUT2D eigenvalue weighted by Crippen LogP contribution is -2.46. The Morgan fingerprint density at radius 1 is 1.14 bits per heavy atom. The minimum absolute atomic E-state index is 0. The van der Waals surface area contributed by atoms with Gasteiger partial charge in [-0.15, -0.1) is 12.4 Å². The number of likely N-dealkylation sites (N-methyl/N-ethyl adjacent to an activating group) is 1. The van der Waals surface area contributed by atoms with E-state index < -0.39 is 16.1 Å². The number of nitrogens with one attached hydrogen (secondary N) is 1. The molecule has 3 N–H and O–H groups in total. The second kappa shape index (κ2) is 12.5. The van der Waals surface area contributed by atoms with Gasteiger partial charge in [0.05, 0.1) is 16.8 Å². The Bertz CT molecular complexity index is 1200. The Balaban J connectivity index is 0.00000380. The minimum Gasteiger partial charge on any atom is -0.387 e. The highest BCUT2D eigenvalue weighted by Crippen LogP contribution is 2.25. The number of amides is 2. The molecule has 2 amide bonds. The van der Waals surface area contributed by atoms with Gasteiger partial charge in [-0.05, 0) is 32.0 Å². The summed E-state index contributed by atoms with van der Waals surface area (Å²) < 4.78 is 32.6. The highest BCUT2D eigenvalue weighted by atomic mass is 35.5. The van der Waals surface area contributed by atoms with Crippen LogP contribution < -0.4 is 15.8 Å². The number of nitrogen functional groups attached to an aromatic ring is 1. The van der Waals surface area contributed by atoms with Crippen LogP contribution in [0.5, 0.6) is 5.88 Å². The van der Waals surface area contributed by atoms with Crippen molar-refractivity contribution in [2.24, 2.45) is 0 Å². The highest BCUT2D eigenvalue weighted by molar-refractivity contribution is 7.89. The molecule has 0 bridgehead atoms. The van der Waals surface area contributed by atoms with Gasteiger partial charge in [-0.2, -0.15) is 4.31 Å². The minimum atomic E-state index is -3.58. The van der Waals surface area contributed by atoms with E-state index in [4.69, 9.17) is 10.5 Å². The van der Waals surface area contributed by atoms with Gasteiger partial charge in [-0.3, -0.25) is 4.79 Å². The molecule has 1 aromatic carbocycles. The highest BCUT2D eigenvalue weighted by Gasteiger charge is 2.27. The van der Waals surface area contributed by atoms with Crippen LogP contribution in [0.3, 0.4) is 0 Å². The quantitative estimate of drug-likeness (QED) is 0.459. The van der Waals surface area contributed by atoms with E-state index in [1.54, 1.807) is 17.0 Å². The molecule has 0 saturated carbocycles. The number of anilines is 1. The van der Waals surface area contributed by atoms with Gasteiger partial charge in [0, 0.05) is 57.8 Å². The number of nitrogens with two attached hydrogens (primary N) is 1. The number of hydrogen-bond donors (Lipinski definition) is 2. The molecule has 0 aliphatic carbocycles. The average Bonchev–Trinajstić information content (AvgIpc) is 3.28. The predicted molar refractivity (Wildman–Crippen MR) is 140 cm³/mol. The van der Waals surface area contributed by atoms with Crippen LogP contribution in [0.2, 0.25) is 0 Å². The number of nitrogens with zero attached hydrogens (tertiary/aromatic N) is 5. The summed E-state index contributed by atoms with van der Waals surface area (Å²) in [5.41, 5.74) is 6.81. The summed E-state index contributed by atoms with van der Waals surface area (Å²) in [4.78, 5) is 36.2. The van der Waals surface area contributed by atoms with E-state index >= 15 is 0 Å². The van der Waals surface area contributed by atoms with Crippen molar-refractivity contribution in [3.05, 3.63) is 30.5 Å². The van der Waals surface area contributed by atoms with Crippen molar-refractivity contribution in [3.63, 3.8) is 0 Å². The fourth-order valence-corrected chi connectivity index (χ4v) is 5.52. The Hall–Kier alpha value is -3.00. The maximum Gasteiger partial charge on any atom is 0.414 e. The van der Waals surface area contributed by atoms with E-state index in [1.807, 2.05) is 7.05 Å². The molecule has 37 heavy (non-hydrogen) atoms. The normalized spacial score (nSPS) is 16.9. The molecule has 0 spiro atoms. The second-order valence-corrected chi connectivity index (χ2v) is 10.8. The number of rotatable bonds is 8. The Morgan fingerprint density at radius 3 is 2.49 bits per heavy atom. The summed E-state index contributed by atoms with van der Waals surface area (Å²) >= 11 is 0. The molecule has 12 nitrogen and oxygen atoms in total. The number of piperazine rings is 1. The van der Waals surface area contributed by atoms with Gasteiger partial charge >= 0.3 is 6.09 Å². The SMILES string of the molecule is CN1CCN(S(=O)(=O)c2ccc(-c3cnc(N)c(OC(=O)NCCCN4CCCC4=O)n3)cc2)CC1.Cl. The van der Waals surface area contributed by atoms with E-state index in [0.717, 1.165) is 13.0 Å². The Morgan fingerprint density at radius 2 is 1.84 bits per heavy atom. The summed E-state index contributed by atoms with van der Waals surface area (Å²) in [6.45, 7) is 3.94. The van der Waals surface area contributed by atoms with E-state index in [1.165, 1.54) is 22.6 Å². The first-order chi connectivity index (χ1) is 17.2. The molecule has 2 aliphatic rings. The summed E-state index contributed by atoms with van der Waals surface area (Å²) in [7, 11) is -1.62. The topological polar surface area (TPSA) is 151 Å². The second-order valence-electron chi connectivity index (χ2n) is 8.83. The third-order valence-corrected chi connectivity index (χ3v) is 8.16. The van der Waals surface area contributed by atoms with Gasteiger partial charge in [-0.1, -0.05) is 12.1 Å². The molecule has 14 heteroatoms. The van der Waals surface area contributed by atoms with Crippen molar-refractivity contribution in [2.45, 2.75) is 24.2 Å². The number of likely N-dealkylation sites (tertiary alicyclic amines) is 1. The molecule has 2 aliphatic heterocycles. The fourth-order valence-electron chi connectivity index (χ4n) is 4.10. The number of ether oxygens (including phenoxy) is 1. The fraction of sp³-hybridized carbons (Fsp3) is 0.478. The van der Waals surface area contributed by atoms with Gasteiger partial charge in [0.1, 0.15) is 0 Å². The molecule has 202 valence electrons. The van der Waals surface area contributed by atoms with Crippen LogP contribution in [-0.4, -0.2) is 97.4 Å². The van der Waals surface area contributed by atoms with Crippen molar-refractivity contribution in [1.82, 2.24) is 29.4 Å². The van der Waals surface area contributed by atoms with Crippen molar-refractivity contribution in [2.75, 3.05) is 58.6 Å². The molecular weight excluding hydrogens is 522 g/mol. The zero-order valence-electron chi connectivity index (χ0n) is 20.6. The van der Waals surface area contributed by atoms with Crippen LogP contribution in [0, 0.1) is 0 Å². The van der Waals surface area contributed by atoms with Gasteiger partial charge in [0.2, 0.25) is 15.9 Å². The molecule has 2 saturated heterocycles.